The summed E-state index contributed by atoms with van der Waals surface area (Å²) in [5.41, 5.74) is 1.95. The highest BCUT2D eigenvalue weighted by atomic mass is 16.6. The van der Waals surface area contributed by atoms with Crippen LogP contribution in [0.3, 0.4) is 0 Å². The van der Waals surface area contributed by atoms with Gasteiger partial charge in [0.05, 0.1) is 4.92 Å². The van der Waals surface area contributed by atoms with Crippen molar-refractivity contribution >= 4 is 28.3 Å². The number of nitrogens with one attached hydrogen (secondary N) is 1. The number of hydrogen-bond acceptors (Lipinski definition) is 6. The fourth-order valence-corrected chi connectivity index (χ4v) is 2.89. The number of carbonyl (C=O) groups excluding carboxylic acids is 2. The fraction of sp³-hybridized carbons (Fsp3) is 0.200. The summed E-state index contributed by atoms with van der Waals surface area (Å²) in [6.45, 7) is 2.88. The number of non-ortho nitro benzene ring substituents is 1. The number of H-pyrrole nitrogens is 1. The average Bonchev–Trinajstić information content (AvgIpc) is 3.01. The second kappa shape index (κ2) is 7.91. The summed E-state index contributed by atoms with van der Waals surface area (Å²) in [7, 11) is 0. The molecule has 3 aromatic rings. The number of nitrogens with zero attached hydrogens (tertiary/aromatic N) is 1. The van der Waals surface area contributed by atoms with Gasteiger partial charge in [0.1, 0.15) is 5.75 Å². The minimum atomic E-state index is -0.981. The number of aromatic nitrogens is 1. The number of esters is 1. The number of para-hydroxylation sites is 1. The Morgan fingerprint density at radius 1 is 1.14 bits per heavy atom. The van der Waals surface area contributed by atoms with Gasteiger partial charge in [0, 0.05) is 34.3 Å². The molecule has 0 bridgehead atoms. The van der Waals surface area contributed by atoms with Gasteiger partial charge in [-0.15, -0.1) is 0 Å². The molecule has 1 heterocycles. The van der Waals surface area contributed by atoms with E-state index in [0.717, 1.165) is 10.9 Å². The van der Waals surface area contributed by atoms with Crippen LogP contribution in [0.5, 0.6) is 5.75 Å². The van der Waals surface area contributed by atoms with Crippen molar-refractivity contribution in [2.45, 2.75) is 20.0 Å². The lowest BCUT2D eigenvalue weighted by Gasteiger charge is -2.13. The topological polar surface area (TPSA) is 112 Å². The minimum absolute atomic E-state index is 0.0803. The van der Waals surface area contributed by atoms with E-state index >= 15 is 0 Å². The van der Waals surface area contributed by atoms with Gasteiger partial charge in [-0.1, -0.05) is 18.2 Å². The van der Waals surface area contributed by atoms with Crippen LogP contribution in [0.15, 0.2) is 48.5 Å². The Morgan fingerprint density at radius 2 is 1.82 bits per heavy atom. The predicted octanol–water partition coefficient (Wildman–Crippen LogP) is 3.58. The van der Waals surface area contributed by atoms with Gasteiger partial charge in [-0.2, -0.15) is 0 Å². The lowest BCUT2D eigenvalue weighted by atomic mass is 10.0. The fourth-order valence-electron chi connectivity index (χ4n) is 2.89. The van der Waals surface area contributed by atoms with Gasteiger partial charge in [-0.25, -0.2) is 4.79 Å². The summed E-state index contributed by atoms with van der Waals surface area (Å²) >= 11 is 0. The smallest absolute Gasteiger partial charge is 0.344 e. The van der Waals surface area contributed by atoms with Crippen LogP contribution in [-0.2, 0) is 9.53 Å². The maximum absolute atomic E-state index is 12.7. The molecule has 1 atom stereocenters. The van der Waals surface area contributed by atoms with Crippen molar-refractivity contribution in [2.24, 2.45) is 0 Å². The Morgan fingerprint density at radius 3 is 2.50 bits per heavy atom. The number of aryl methyl sites for hydroxylation is 1. The molecule has 8 heteroatoms. The van der Waals surface area contributed by atoms with Crippen LogP contribution in [0.2, 0.25) is 0 Å². The first kappa shape index (κ1) is 19.1. The van der Waals surface area contributed by atoms with E-state index < -0.39 is 23.6 Å². The van der Waals surface area contributed by atoms with Gasteiger partial charge in [-0.05, 0) is 32.0 Å². The lowest BCUT2D eigenvalue weighted by Crippen LogP contribution is -2.27. The molecular formula is C20H18N2O6. The number of nitro benzene ring substituents is 1. The molecule has 0 unspecified atom stereocenters. The quantitative estimate of drug-likeness (QED) is 0.289. The van der Waals surface area contributed by atoms with E-state index in [1.54, 1.807) is 6.92 Å². The van der Waals surface area contributed by atoms with E-state index in [-0.39, 0.29) is 17.2 Å². The number of fused-ring (bicyclic) bond motifs is 1. The van der Waals surface area contributed by atoms with Crippen molar-refractivity contribution in [1.82, 2.24) is 4.98 Å². The molecule has 0 saturated carbocycles. The maximum Gasteiger partial charge on any atom is 0.344 e. The number of benzene rings is 2. The molecule has 1 aromatic heterocycles. The normalized spacial score (nSPS) is 11.8. The van der Waals surface area contributed by atoms with Crippen molar-refractivity contribution in [2.75, 3.05) is 6.61 Å². The molecule has 0 amide bonds. The highest BCUT2D eigenvalue weighted by Gasteiger charge is 2.24. The van der Waals surface area contributed by atoms with Gasteiger partial charge < -0.3 is 14.5 Å². The molecule has 144 valence electrons. The zero-order chi connectivity index (χ0) is 20.3. The van der Waals surface area contributed by atoms with Gasteiger partial charge >= 0.3 is 5.97 Å². The second-order valence-electron chi connectivity index (χ2n) is 6.21. The predicted molar refractivity (Wildman–Crippen MR) is 102 cm³/mol. The summed E-state index contributed by atoms with van der Waals surface area (Å²) < 4.78 is 10.4. The van der Waals surface area contributed by atoms with Crippen molar-refractivity contribution in [3.05, 3.63) is 69.9 Å². The molecular weight excluding hydrogens is 364 g/mol. The van der Waals surface area contributed by atoms with Gasteiger partial charge in [0.2, 0.25) is 5.78 Å². The molecule has 3 rings (SSSR count). The van der Waals surface area contributed by atoms with Crippen molar-refractivity contribution in [3.8, 4) is 5.75 Å². The number of aromatic amines is 1. The van der Waals surface area contributed by atoms with E-state index in [1.165, 1.54) is 31.2 Å². The number of nitro groups is 1. The van der Waals surface area contributed by atoms with Crippen LogP contribution >= 0.6 is 0 Å². The Labute approximate surface area is 160 Å². The molecule has 28 heavy (non-hydrogen) atoms. The van der Waals surface area contributed by atoms with Gasteiger partial charge in [-0.3, -0.25) is 14.9 Å². The molecule has 0 radical (unpaired) electrons. The van der Waals surface area contributed by atoms with Crippen LogP contribution in [0, 0.1) is 17.0 Å². The van der Waals surface area contributed by atoms with E-state index in [2.05, 4.69) is 4.98 Å². The van der Waals surface area contributed by atoms with Crippen molar-refractivity contribution in [3.63, 3.8) is 0 Å². The lowest BCUT2D eigenvalue weighted by molar-refractivity contribution is -0.384. The summed E-state index contributed by atoms with van der Waals surface area (Å²) in [5, 5.41) is 11.4. The second-order valence-corrected chi connectivity index (χ2v) is 6.21. The monoisotopic (exact) mass is 382 g/mol. The highest BCUT2D eigenvalue weighted by Crippen LogP contribution is 2.24. The van der Waals surface area contributed by atoms with Crippen LogP contribution in [0.4, 0.5) is 5.69 Å². The molecule has 1 N–H and O–H groups in total. The minimum Gasteiger partial charge on any atom is -0.482 e. The standard InChI is InChI=1S/C20H18N2O6/c1-12-19(16-5-3-4-6-17(16)21-12)20(24)13(2)28-18(23)11-27-15-9-7-14(8-10-15)22(25)26/h3-10,13,21H,11H2,1-2H3/t13-/m1/s1. The van der Waals surface area contributed by atoms with E-state index in [1.807, 2.05) is 24.3 Å². The molecule has 0 aliphatic heterocycles. The van der Waals surface area contributed by atoms with Crippen LogP contribution in [-0.4, -0.2) is 34.4 Å². The first-order valence-corrected chi connectivity index (χ1v) is 8.55. The van der Waals surface area contributed by atoms with E-state index in [9.17, 15) is 19.7 Å². The molecule has 0 spiro atoms. The molecule has 0 aliphatic carbocycles. The number of ketones is 1. The maximum atomic E-state index is 12.7. The number of hydrogen-bond donors (Lipinski definition) is 1. The van der Waals surface area contributed by atoms with E-state index in [0.29, 0.717) is 11.3 Å². The molecule has 0 saturated heterocycles. The van der Waals surface area contributed by atoms with E-state index in [4.69, 9.17) is 9.47 Å². The van der Waals surface area contributed by atoms with Crippen molar-refractivity contribution in [1.29, 1.82) is 0 Å². The summed E-state index contributed by atoms with van der Waals surface area (Å²) in [6.07, 6.45) is -0.981. The SMILES string of the molecule is Cc1[nH]c2ccccc2c1C(=O)[C@@H](C)OC(=O)COc1ccc([N+](=O)[O-])cc1. The Balaban J connectivity index is 1.61. The number of Topliss-reactive ketones (excluding diaryl/α,β-unsaturated/α-hetero) is 1. The number of rotatable bonds is 7. The zero-order valence-corrected chi connectivity index (χ0v) is 15.3. The molecule has 8 nitrogen and oxygen atoms in total. The molecule has 0 aliphatic rings. The first-order chi connectivity index (χ1) is 13.4. The van der Waals surface area contributed by atoms with Gasteiger partial charge in [0.15, 0.2) is 12.7 Å². The summed E-state index contributed by atoms with van der Waals surface area (Å²) in [6, 6.07) is 12.7. The number of ether oxygens (including phenoxy) is 2. The average molecular weight is 382 g/mol. The molecule has 0 fully saturated rings. The largest absolute Gasteiger partial charge is 0.482 e. The first-order valence-electron chi connectivity index (χ1n) is 8.55. The third-order valence-electron chi connectivity index (χ3n) is 4.22. The van der Waals surface area contributed by atoms with Crippen LogP contribution in [0.25, 0.3) is 10.9 Å². The zero-order valence-electron chi connectivity index (χ0n) is 15.3. The third kappa shape index (κ3) is 4.01. The number of carbonyl (C=O) groups is 2. The third-order valence-corrected chi connectivity index (χ3v) is 4.22. The summed E-state index contributed by atoms with van der Waals surface area (Å²) in [4.78, 5) is 38.0. The highest BCUT2D eigenvalue weighted by molar-refractivity contribution is 6.11. The Bertz CT molecular complexity index is 1040. The Kier molecular flexibility index (Phi) is 5.39. The summed E-state index contributed by atoms with van der Waals surface area (Å²) in [5.74, 6) is -0.732. The van der Waals surface area contributed by atoms with Gasteiger partial charge in [0.25, 0.3) is 5.69 Å². The van der Waals surface area contributed by atoms with Crippen LogP contribution < -0.4 is 4.74 Å². The molecule has 2 aromatic carbocycles. The van der Waals surface area contributed by atoms with Crippen LogP contribution in [0.1, 0.15) is 23.0 Å². The van der Waals surface area contributed by atoms with Crippen molar-refractivity contribution < 1.29 is 24.0 Å². The Hall–Kier alpha value is -3.68.